The Kier molecular flexibility index (Phi) is 3.85. The summed E-state index contributed by atoms with van der Waals surface area (Å²) in [4.78, 5) is 17.7. The molecular weight excluding hydrogens is 272 g/mol. The molecular formula is C10H16N4O4S. The lowest BCUT2D eigenvalue weighted by molar-refractivity contribution is -0.131. The summed E-state index contributed by atoms with van der Waals surface area (Å²) in [6.45, 7) is 2.01. The number of sulfonamides is 1. The number of carbonyl (C=O) groups is 1. The lowest BCUT2D eigenvalue weighted by Gasteiger charge is -2.22. The molecule has 1 fully saturated rings. The molecule has 0 aliphatic carbocycles. The van der Waals surface area contributed by atoms with Crippen LogP contribution in [0.5, 0.6) is 0 Å². The number of aromatic nitrogens is 2. The molecule has 1 aromatic heterocycles. The van der Waals surface area contributed by atoms with Gasteiger partial charge in [-0.05, 0) is 12.8 Å². The van der Waals surface area contributed by atoms with Gasteiger partial charge >= 0.3 is 0 Å². The van der Waals surface area contributed by atoms with Gasteiger partial charge in [0.05, 0.1) is 18.8 Å². The highest BCUT2D eigenvalue weighted by Gasteiger charge is 2.33. The van der Waals surface area contributed by atoms with E-state index < -0.39 is 10.0 Å². The van der Waals surface area contributed by atoms with Gasteiger partial charge in [0.15, 0.2) is 5.82 Å². The first-order valence-corrected chi connectivity index (χ1v) is 7.80. The van der Waals surface area contributed by atoms with Crippen LogP contribution in [0, 0.1) is 6.92 Å². The minimum atomic E-state index is -3.37. The van der Waals surface area contributed by atoms with Crippen molar-refractivity contribution in [1.82, 2.24) is 19.8 Å². The molecule has 0 unspecified atom stereocenters. The summed E-state index contributed by atoms with van der Waals surface area (Å²) in [6, 6.07) is -0.230. The van der Waals surface area contributed by atoms with Crippen LogP contribution in [-0.4, -0.2) is 48.7 Å². The van der Waals surface area contributed by atoms with Crippen molar-refractivity contribution in [3.63, 3.8) is 0 Å². The van der Waals surface area contributed by atoms with E-state index in [1.54, 1.807) is 11.8 Å². The molecule has 0 radical (unpaired) electrons. The molecule has 0 spiro atoms. The number of nitrogens with zero attached hydrogens (tertiary/aromatic N) is 3. The van der Waals surface area contributed by atoms with Gasteiger partial charge < -0.3 is 9.42 Å². The van der Waals surface area contributed by atoms with E-state index in [1.165, 1.54) is 0 Å². The van der Waals surface area contributed by atoms with Crippen molar-refractivity contribution in [2.24, 2.45) is 0 Å². The molecule has 1 aliphatic rings. The average Bonchev–Trinajstić information content (AvgIpc) is 2.92. The second-order valence-electron chi connectivity index (χ2n) is 4.51. The number of aryl methyl sites for hydroxylation is 1. The van der Waals surface area contributed by atoms with Gasteiger partial charge in [-0.3, -0.25) is 4.79 Å². The van der Waals surface area contributed by atoms with Crippen LogP contribution < -0.4 is 4.72 Å². The minimum absolute atomic E-state index is 0.230. The standard InChI is InChI=1S/C10H16N4O4S/c1-7-12-10(13-18-7)8-4-3-5-14(8)9(15)6-11-19(2,16)17/h8,11H,3-6H2,1-2H3/t8-/m1/s1. The summed E-state index contributed by atoms with van der Waals surface area (Å²) in [5.74, 6) is 0.640. The molecule has 0 saturated carbocycles. The molecule has 1 atom stereocenters. The molecule has 106 valence electrons. The highest BCUT2D eigenvalue weighted by molar-refractivity contribution is 7.88. The number of hydrogen-bond acceptors (Lipinski definition) is 6. The van der Waals surface area contributed by atoms with E-state index in [-0.39, 0.29) is 18.5 Å². The summed E-state index contributed by atoms with van der Waals surface area (Å²) in [6.07, 6.45) is 2.61. The zero-order chi connectivity index (χ0) is 14.0. The van der Waals surface area contributed by atoms with Gasteiger partial charge in [0.1, 0.15) is 0 Å². The first-order valence-electron chi connectivity index (χ1n) is 5.91. The van der Waals surface area contributed by atoms with E-state index in [2.05, 4.69) is 14.9 Å². The largest absolute Gasteiger partial charge is 0.340 e. The van der Waals surface area contributed by atoms with E-state index in [4.69, 9.17) is 4.52 Å². The Labute approximate surface area is 111 Å². The zero-order valence-corrected chi connectivity index (χ0v) is 11.6. The first kappa shape index (κ1) is 13.9. The van der Waals surface area contributed by atoms with E-state index >= 15 is 0 Å². The Morgan fingerprint density at radius 1 is 1.58 bits per heavy atom. The number of likely N-dealkylation sites (tertiary alicyclic amines) is 1. The molecule has 1 aromatic rings. The van der Waals surface area contributed by atoms with Gasteiger partial charge in [0.25, 0.3) is 0 Å². The van der Waals surface area contributed by atoms with Gasteiger partial charge in [0.2, 0.25) is 21.8 Å². The van der Waals surface area contributed by atoms with Crippen LogP contribution in [0.1, 0.15) is 30.6 Å². The van der Waals surface area contributed by atoms with E-state index in [9.17, 15) is 13.2 Å². The Morgan fingerprint density at radius 3 is 2.89 bits per heavy atom. The van der Waals surface area contributed by atoms with Crippen molar-refractivity contribution in [3.8, 4) is 0 Å². The van der Waals surface area contributed by atoms with Crippen molar-refractivity contribution in [2.45, 2.75) is 25.8 Å². The van der Waals surface area contributed by atoms with Crippen molar-refractivity contribution in [2.75, 3.05) is 19.3 Å². The fourth-order valence-corrected chi connectivity index (χ4v) is 2.46. The van der Waals surface area contributed by atoms with E-state index in [0.29, 0.717) is 18.3 Å². The average molecular weight is 288 g/mol. The Balaban J connectivity index is 2.04. The Hall–Kier alpha value is -1.48. The van der Waals surface area contributed by atoms with Crippen molar-refractivity contribution >= 4 is 15.9 Å². The fraction of sp³-hybridized carbons (Fsp3) is 0.700. The van der Waals surface area contributed by atoms with Crippen molar-refractivity contribution in [1.29, 1.82) is 0 Å². The normalized spacial score (nSPS) is 19.9. The molecule has 2 heterocycles. The molecule has 1 saturated heterocycles. The predicted octanol–water partition coefficient (Wildman–Crippen LogP) is -0.409. The van der Waals surface area contributed by atoms with Crippen LogP contribution in [0.4, 0.5) is 0 Å². The lowest BCUT2D eigenvalue weighted by atomic mass is 10.2. The topological polar surface area (TPSA) is 105 Å². The molecule has 2 rings (SSSR count). The van der Waals surface area contributed by atoms with Crippen molar-refractivity contribution in [3.05, 3.63) is 11.7 Å². The summed E-state index contributed by atoms with van der Waals surface area (Å²) in [5.41, 5.74) is 0. The molecule has 0 aromatic carbocycles. The number of hydrogen-bond donors (Lipinski definition) is 1. The number of rotatable bonds is 4. The van der Waals surface area contributed by atoms with Crippen LogP contribution in [0.3, 0.4) is 0 Å². The molecule has 8 nitrogen and oxygen atoms in total. The zero-order valence-electron chi connectivity index (χ0n) is 10.8. The number of carbonyl (C=O) groups excluding carboxylic acids is 1. The molecule has 1 amide bonds. The third-order valence-corrected chi connectivity index (χ3v) is 3.57. The second kappa shape index (κ2) is 5.25. The fourth-order valence-electron chi connectivity index (χ4n) is 2.08. The summed E-state index contributed by atoms with van der Waals surface area (Å²) in [5, 5.41) is 3.82. The summed E-state index contributed by atoms with van der Waals surface area (Å²) < 4.78 is 29.1. The molecule has 1 aliphatic heterocycles. The predicted molar refractivity (Wildman–Crippen MR) is 65.6 cm³/mol. The molecule has 19 heavy (non-hydrogen) atoms. The van der Waals surface area contributed by atoms with E-state index in [1.807, 2.05) is 0 Å². The van der Waals surface area contributed by atoms with Crippen LogP contribution in [0.15, 0.2) is 4.52 Å². The maximum Gasteiger partial charge on any atom is 0.238 e. The van der Waals surface area contributed by atoms with Gasteiger partial charge in [-0.25, -0.2) is 13.1 Å². The quantitative estimate of drug-likeness (QED) is 0.807. The minimum Gasteiger partial charge on any atom is -0.340 e. The first-order chi connectivity index (χ1) is 8.87. The maximum absolute atomic E-state index is 12.0. The van der Waals surface area contributed by atoms with Crippen LogP contribution in [-0.2, 0) is 14.8 Å². The third-order valence-electron chi connectivity index (χ3n) is 2.90. The van der Waals surface area contributed by atoms with E-state index in [0.717, 1.165) is 19.1 Å². The summed E-state index contributed by atoms with van der Waals surface area (Å²) >= 11 is 0. The van der Waals surface area contributed by atoms with Crippen LogP contribution in [0.2, 0.25) is 0 Å². The molecule has 9 heteroatoms. The maximum atomic E-state index is 12.0. The number of amides is 1. The summed E-state index contributed by atoms with van der Waals surface area (Å²) in [7, 11) is -3.37. The molecule has 1 N–H and O–H groups in total. The Bertz CT molecular complexity index is 568. The van der Waals surface area contributed by atoms with Gasteiger partial charge in [-0.1, -0.05) is 5.16 Å². The third kappa shape index (κ3) is 3.51. The molecule has 0 bridgehead atoms. The SMILES string of the molecule is Cc1nc([C@H]2CCCN2C(=O)CNS(C)(=O)=O)no1. The Morgan fingerprint density at radius 2 is 2.32 bits per heavy atom. The van der Waals surface area contributed by atoms with Crippen molar-refractivity contribution < 1.29 is 17.7 Å². The monoisotopic (exact) mass is 288 g/mol. The van der Waals surface area contributed by atoms with Gasteiger partial charge in [-0.2, -0.15) is 4.98 Å². The second-order valence-corrected chi connectivity index (χ2v) is 6.34. The highest BCUT2D eigenvalue weighted by Crippen LogP contribution is 2.29. The van der Waals surface area contributed by atoms with Gasteiger partial charge in [0, 0.05) is 13.5 Å². The lowest BCUT2D eigenvalue weighted by Crippen LogP contribution is -2.39. The van der Waals surface area contributed by atoms with Crippen LogP contribution in [0.25, 0.3) is 0 Å². The highest BCUT2D eigenvalue weighted by atomic mass is 32.2. The van der Waals surface area contributed by atoms with Crippen LogP contribution >= 0.6 is 0 Å². The smallest absolute Gasteiger partial charge is 0.238 e. The van der Waals surface area contributed by atoms with Gasteiger partial charge in [-0.15, -0.1) is 0 Å². The number of nitrogens with one attached hydrogen (secondary N) is 1.